The summed E-state index contributed by atoms with van der Waals surface area (Å²) in [5.74, 6) is 1.70. The highest BCUT2D eigenvalue weighted by Crippen LogP contribution is 2.45. The molecule has 4 nitrogen and oxygen atoms in total. The highest BCUT2D eigenvalue weighted by Gasteiger charge is 2.18. The fraction of sp³-hybridized carbons (Fsp3) is 0.231. The van der Waals surface area contributed by atoms with Crippen molar-refractivity contribution in [2.45, 2.75) is 26.7 Å². The largest absolute Gasteiger partial charge is 0.507 e. The summed E-state index contributed by atoms with van der Waals surface area (Å²) >= 11 is 0. The van der Waals surface area contributed by atoms with Crippen molar-refractivity contribution in [1.29, 1.82) is 0 Å². The quantitative estimate of drug-likeness (QED) is 0.363. The van der Waals surface area contributed by atoms with Crippen LogP contribution in [0.3, 0.4) is 0 Å². The Morgan fingerprint density at radius 3 is 1.40 bits per heavy atom. The van der Waals surface area contributed by atoms with E-state index >= 15 is 0 Å². The molecule has 30 heavy (non-hydrogen) atoms. The number of hydrogen-bond acceptors (Lipinski definition) is 4. The minimum absolute atomic E-state index is 0.109. The van der Waals surface area contributed by atoms with E-state index in [1.807, 2.05) is 48.5 Å². The fourth-order valence-corrected chi connectivity index (χ4v) is 3.72. The molecule has 154 valence electrons. The molecule has 0 atom stereocenters. The number of fused-ring (bicyclic) bond motifs is 2. The van der Waals surface area contributed by atoms with Crippen molar-refractivity contribution in [3.05, 3.63) is 60.7 Å². The van der Waals surface area contributed by atoms with Gasteiger partial charge in [0.25, 0.3) is 0 Å². The van der Waals surface area contributed by atoms with E-state index < -0.39 is 0 Å². The van der Waals surface area contributed by atoms with Gasteiger partial charge in [0.15, 0.2) is 0 Å². The lowest BCUT2D eigenvalue weighted by molar-refractivity contribution is 0.317. The molecule has 0 saturated heterocycles. The lowest BCUT2D eigenvalue weighted by atomic mass is 9.92. The molecule has 4 rings (SSSR count). The summed E-state index contributed by atoms with van der Waals surface area (Å²) in [7, 11) is 0. The third-order valence-corrected chi connectivity index (χ3v) is 5.14. The zero-order valence-corrected chi connectivity index (χ0v) is 17.3. The van der Waals surface area contributed by atoms with Gasteiger partial charge < -0.3 is 19.7 Å². The van der Waals surface area contributed by atoms with Gasteiger partial charge in [-0.15, -0.1) is 0 Å². The van der Waals surface area contributed by atoms with E-state index in [9.17, 15) is 10.2 Å². The van der Waals surface area contributed by atoms with E-state index in [-0.39, 0.29) is 11.5 Å². The van der Waals surface area contributed by atoms with Gasteiger partial charge in [0.05, 0.1) is 13.2 Å². The first-order valence-corrected chi connectivity index (χ1v) is 10.4. The number of aromatic hydroxyl groups is 2. The van der Waals surface area contributed by atoms with Crippen molar-refractivity contribution in [3.8, 4) is 34.1 Å². The maximum atomic E-state index is 10.8. The first-order chi connectivity index (χ1) is 14.6. The fourth-order valence-electron chi connectivity index (χ4n) is 3.72. The summed E-state index contributed by atoms with van der Waals surface area (Å²) in [6.07, 6.45) is 1.82. The van der Waals surface area contributed by atoms with Crippen LogP contribution in [0.25, 0.3) is 32.7 Å². The monoisotopic (exact) mass is 402 g/mol. The van der Waals surface area contributed by atoms with E-state index in [1.54, 1.807) is 12.1 Å². The number of benzene rings is 4. The van der Waals surface area contributed by atoms with Crippen molar-refractivity contribution < 1.29 is 19.7 Å². The Labute approximate surface area is 176 Å². The van der Waals surface area contributed by atoms with Crippen LogP contribution in [0.4, 0.5) is 0 Å². The lowest BCUT2D eigenvalue weighted by Crippen LogP contribution is -1.96. The van der Waals surface area contributed by atoms with Gasteiger partial charge in [-0.05, 0) is 70.8 Å². The van der Waals surface area contributed by atoms with Crippen LogP contribution in [0.2, 0.25) is 0 Å². The molecular formula is C26H26O4. The molecule has 0 aliphatic heterocycles. The second kappa shape index (κ2) is 8.54. The first kappa shape index (κ1) is 19.9. The number of ether oxygens (including phenoxy) is 2. The molecule has 0 saturated carbocycles. The SMILES string of the molecule is CCCOc1ccc2ccc(O)c(-c3c(O)ccc4ccc(OCCC)cc34)c2c1. The van der Waals surface area contributed by atoms with Gasteiger partial charge in [0.2, 0.25) is 0 Å². The molecule has 0 spiro atoms. The zero-order chi connectivity index (χ0) is 21.1. The Morgan fingerprint density at radius 1 is 0.600 bits per heavy atom. The first-order valence-electron chi connectivity index (χ1n) is 10.4. The molecule has 0 fully saturated rings. The van der Waals surface area contributed by atoms with Crippen molar-refractivity contribution in [2.24, 2.45) is 0 Å². The number of hydrogen-bond donors (Lipinski definition) is 2. The van der Waals surface area contributed by atoms with Crippen LogP contribution in [-0.4, -0.2) is 23.4 Å². The van der Waals surface area contributed by atoms with Gasteiger partial charge in [0.1, 0.15) is 23.0 Å². The van der Waals surface area contributed by atoms with Crippen molar-refractivity contribution in [1.82, 2.24) is 0 Å². The second-order valence-electron chi connectivity index (χ2n) is 7.38. The molecule has 0 heterocycles. The standard InChI is InChI=1S/C26H26O4/c1-3-13-29-19-9-5-17-7-11-23(27)25(21(17)15-19)26-22-16-20(30-14-4-2)10-6-18(22)8-12-24(26)28/h5-12,15-16,27-28H,3-4,13-14H2,1-2H3. The zero-order valence-electron chi connectivity index (χ0n) is 17.3. The Hall–Kier alpha value is -3.40. The van der Waals surface area contributed by atoms with Crippen LogP contribution in [0.15, 0.2) is 60.7 Å². The Morgan fingerprint density at radius 2 is 1.00 bits per heavy atom. The second-order valence-corrected chi connectivity index (χ2v) is 7.38. The highest BCUT2D eigenvalue weighted by molar-refractivity contribution is 6.10. The predicted octanol–water partition coefficient (Wildman–Crippen LogP) is 6.65. The van der Waals surface area contributed by atoms with E-state index in [2.05, 4.69) is 13.8 Å². The molecule has 4 aromatic rings. The Balaban J connectivity index is 1.98. The summed E-state index contributed by atoms with van der Waals surface area (Å²) in [6.45, 7) is 5.36. The third kappa shape index (κ3) is 3.73. The molecule has 0 unspecified atom stereocenters. The topological polar surface area (TPSA) is 58.9 Å². The van der Waals surface area contributed by atoms with Crippen LogP contribution in [0.5, 0.6) is 23.0 Å². The molecule has 0 radical (unpaired) electrons. The lowest BCUT2D eigenvalue weighted by Gasteiger charge is -2.16. The van der Waals surface area contributed by atoms with Crippen LogP contribution in [-0.2, 0) is 0 Å². The molecule has 4 aromatic carbocycles. The molecule has 0 aliphatic carbocycles. The third-order valence-electron chi connectivity index (χ3n) is 5.14. The minimum atomic E-state index is 0.109. The molecule has 0 aromatic heterocycles. The van der Waals surface area contributed by atoms with E-state index in [4.69, 9.17) is 9.47 Å². The Bertz CT molecular complexity index is 1100. The average Bonchev–Trinajstić information content (AvgIpc) is 2.76. The van der Waals surface area contributed by atoms with Crippen LogP contribution < -0.4 is 9.47 Å². The van der Waals surface area contributed by atoms with Crippen molar-refractivity contribution >= 4 is 21.5 Å². The van der Waals surface area contributed by atoms with E-state index in [1.165, 1.54) is 0 Å². The molecule has 0 bridgehead atoms. The average molecular weight is 402 g/mol. The van der Waals surface area contributed by atoms with Gasteiger partial charge in [-0.2, -0.15) is 0 Å². The van der Waals surface area contributed by atoms with Crippen LogP contribution in [0.1, 0.15) is 26.7 Å². The summed E-state index contributed by atoms with van der Waals surface area (Å²) < 4.78 is 11.6. The van der Waals surface area contributed by atoms with Crippen LogP contribution >= 0.6 is 0 Å². The van der Waals surface area contributed by atoms with Gasteiger partial charge in [-0.1, -0.05) is 38.1 Å². The summed E-state index contributed by atoms with van der Waals surface area (Å²) in [5.41, 5.74) is 1.18. The molecule has 0 aliphatic rings. The number of phenols is 2. The maximum Gasteiger partial charge on any atom is 0.124 e. The van der Waals surface area contributed by atoms with Crippen molar-refractivity contribution in [3.63, 3.8) is 0 Å². The van der Waals surface area contributed by atoms with Gasteiger partial charge in [0, 0.05) is 11.1 Å². The van der Waals surface area contributed by atoms with Gasteiger partial charge in [-0.3, -0.25) is 0 Å². The maximum absolute atomic E-state index is 10.8. The van der Waals surface area contributed by atoms with Crippen molar-refractivity contribution in [2.75, 3.05) is 13.2 Å². The molecule has 4 heteroatoms. The number of phenolic OH excluding ortho intramolecular Hbond substituents is 2. The molecular weight excluding hydrogens is 376 g/mol. The predicted molar refractivity (Wildman–Crippen MR) is 122 cm³/mol. The summed E-state index contributed by atoms with van der Waals surface area (Å²) in [5, 5.41) is 25.3. The summed E-state index contributed by atoms with van der Waals surface area (Å²) in [6, 6.07) is 18.7. The number of rotatable bonds is 7. The van der Waals surface area contributed by atoms with Gasteiger partial charge in [-0.25, -0.2) is 0 Å². The smallest absolute Gasteiger partial charge is 0.124 e. The molecule has 0 amide bonds. The normalized spacial score (nSPS) is 11.1. The van der Waals surface area contributed by atoms with E-state index in [0.717, 1.165) is 45.9 Å². The molecule has 2 N–H and O–H groups in total. The highest BCUT2D eigenvalue weighted by atomic mass is 16.5. The van der Waals surface area contributed by atoms with Gasteiger partial charge >= 0.3 is 0 Å². The van der Waals surface area contributed by atoms with E-state index in [0.29, 0.717) is 24.3 Å². The Kier molecular flexibility index (Phi) is 5.66. The summed E-state index contributed by atoms with van der Waals surface area (Å²) in [4.78, 5) is 0. The minimum Gasteiger partial charge on any atom is -0.507 e. The van der Waals surface area contributed by atoms with Crippen LogP contribution in [0, 0.1) is 0 Å².